The molecule has 0 atom stereocenters. The quantitative estimate of drug-likeness (QED) is 0.789. The van der Waals surface area contributed by atoms with Crippen molar-refractivity contribution >= 4 is 22.9 Å². The highest BCUT2D eigenvalue weighted by atomic mass is 35.5. The van der Waals surface area contributed by atoms with Crippen LogP contribution < -0.4 is 5.32 Å². The minimum atomic E-state index is 0.714. The SMILES string of the molecule is Clc1ccccc1-c1nc(-c2nnc3n2CCNC3)cs1. The Labute approximate surface area is 130 Å². The van der Waals surface area contributed by atoms with Crippen molar-refractivity contribution < 1.29 is 0 Å². The first-order valence-electron chi connectivity index (χ1n) is 6.66. The molecular weight excluding hydrogens is 306 g/mol. The lowest BCUT2D eigenvalue weighted by Gasteiger charge is -2.15. The van der Waals surface area contributed by atoms with Crippen LogP contribution in [-0.2, 0) is 13.1 Å². The molecule has 0 fully saturated rings. The summed E-state index contributed by atoms with van der Waals surface area (Å²) in [7, 11) is 0. The fourth-order valence-electron chi connectivity index (χ4n) is 2.42. The number of halogens is 1. The van der Waals surface area contributed by atoms with E-state index in [9.17, 15) is 0 Å². The van der Waals surface area contributed by atoms with Crippen molar-refractivity contribution in [2.45, 2.75) is 13.1 Å². The molecule has 5 nitrogen and oxygen atoms in total. The summed E-state index contributed by atoms with van der Waals surface area (Å²) in [5.74, 6) is 1.80. The van der Waals surface area contributed by atoms with Gasteiger partial charge in [-0.3, -0.25) is 0 Å². The Morgan fingerprint density at radius 3 is 3.05 bits per heavy atom. The van der Waals surface area contributed by atoms with Crippen LogP contribution >= 0.6 is 22.9 Å². The van der Waals surface area contributed by atoms with Crippen molar-refractivity contribution in [2.75, 3.05) is 6.54 Å². The minimum absolute atomic E-state index is 0.714. The van der Waals surface area contributed by atoms with Crippen LogP contribution in [0.1, 0.15) is 5.82 Å². The molecule has 21 heavy (non-hydrogen) atoms. The maximum atomic E-state index is 6.23. The number of fused-ring (bicyclic) bond motifs is 1. The maximum absolute atomic E-state index is 6.23. The van der Waals surface area contributed by atoms with Gasteiger partial charge >= 0.3 is 0 Å². The fourth-order valence-corrected chi connectivity index (χ4v) is 3.54. The van der Waals surface area contributed by atoms with Crippen molar-refractivity contribution in [2.24, 2.45) is 0 Å². The lowest BCUT2D eigenvalue weighted by atomic mass is 10.2. The third-order valence-electron chi connectivity index (χ3n) is 3.46. The van der Waals surface area contributed by atoms with Gasteiger partial charge in [0.15, 0.2) is 5.82 Å². The first-order valence-corrected chi connectivity index (χ1v) is 7.92. The van der Waals surface area contributed by atoms with Crippen LogP contribution in [0.5, 0.6) is 0 Å². The van der Waals surface area contributed by atoms with Crippen molar-refractivity contribution in [3.05, 3.63) is 40.5 Å². The first kappa shape index (κ1) is 12.9. The molecule has 3 heterocycles. The number of aromatic nitrogens is 4. The van der Waals surface area contributed by atoms with Gasteiger partial charge in [0.25, 0.3) is 0 Å². The second-order valence-corrected chi connectivity index (χ2v) is 6.05. The highest BCUT2D eigenvalue weighted by Gasteiger charge is 2.19. The van der Waals surface area contributed by atoms with Crippen molar-refractivity contribution in [3.63, 3.8) is 0 Å². The van der Waals surface area contributed by atoms with Crippen molar-refractivity contribution in [3.8, 4) is 22.1 Å². The summed E-state index contributed by atoms with van der Waals surface area (Å²) in [5, 5.41) is 15.4. The largest absolute Gasteiger partial charge is 0.308 e. The molecule has 106 valence electrons. The summed E-state index contributed by atoms with van der Waals surface area (Å²) in [5.41, 5.74) is 1.81. The molecule has 0 spiro atoms. The average Bonchev–Trinajstić information content (AvgIpc) is 3.14. The van der Waals surface area contributed by atoms with Crippen LogP contribution in [0.4, 0.5) is 0 Å². The van der Waals surface area contributed by atoms with E-state index in [1.807, 2.05) is 29.6 Å². The Morgan fingerprint density at radius 2 is 2.14 bits per heavy atom. The molecule has 7 heteroatoms. The molecule has 1 N–H and O–H groups in total. The maximum Gasteiger partial charge on any atom is 0.183 e. The monoisotopic (exact) mass is 317 g/mol. The summed E-state index contributed by atoms with van der Waals surface area (Å²) < 4.78 is 2.13. The first-order chi connectivity index (χ1) is 10.3. The number of nitrogens with zero attached hydrogens (tertiary/aromatic N) is 4. The van der Waals surface area contributed by atoms with Gasteiger partial charge < -0.3 is 9.88 Å². The van der Waals surface area contributed by atoms with E-state index in [4.69, 9.17) is 11.6 Å². The Balaban J connectivity index is 1.75. The predicted molar refractivity (Wildman–Crippen MR) is 83.3 cm³/mol. The summed E-state index contributed by atoms with van der Waals surface area (Å²) in [6.07, 6.45) is 0. The predicted octanol–water partition coefficient (Wildman–Crippen LogP) is 2.83. The van der Waals surface area contributed by atoms with Crippen molar-refractivity contribution in [1.29, 1.82) is 0 Å². The lowest BCUT2D eigenvalue weighted by molar-refractivity contribution is 0.508. The molecule has 0 saturated heterocycles. The zero-order valence-electron chi connectivity index (χ0n) is 11.1. The molecule has 0 saturated carbocycles. The smallest absolute Gasteiger partial charge is 0.183 e. The van der Waals surface area contributed by atoms with Gasteiger partial charge in [-0.05, 0) is 6.07 Å². The normalized spacial score (nSPS) is 14.1. The number of benzene rings is 1. The molecule has 0 amide bonds. The summed E-state index contributed by atoms with van der Waals surface area (Å²) in [6, 6.07) is 7.74. The molecule has 0 aliphatic carbocycles. The van der Waals surface area contributed by atoms with Gasteiger partial charge in [0.2, 0.25) is 0 Å². The summed E-state index contributed by atoms with van der Waals surface area (Å²) in [6.45, 7) is 2.56. The Hall–Kier alpha value is -1.76. The number of hydrogen-bond donors (Lipinski definition) is 1. The van der Waals surface area contributed by atoms with Gasteiger partial charge in [0, 0.05) is 24.0 Å². The van der Waals surface area contributed by atoms with Crippen molar-refractivity contribution in [1.82, 2.24) is 25.1 Å². The molecule has 1 aliphatic heterocycles. The van der Waals surface area contributed by atoms with E-state index in [1.54, 1.807) is 11.3 Å². The van der Waals surface area contributed by atoms with Crippen LogP contribution in [0.25, 0.3) is 22.1 Å². The lowest BCUT2D eigenvalue weighted by Crippen LogP contribution is -2.28. The van der Waals surface area contributed by atoms with Crippen LogP contribution in [-0.4, -0.2) is 26.3 Å². The zero-order valence-corrected chi connectivity index (χ0v) is 12.7. The van der Waals surface area contributed by atoms with Crippen LogP contribution in [0, 0.1) is 0 Å². The Bertz CT molecular complexity index is 794. The van der Waals surface area contributed by atoms with Gasteiger partial charge in [-0.1, -0.05) is 29.8 Å². The van der Waals surface area contributed by atoms with Gasteiger partial charge in [-0.2, -0.15) is 0 Å². The molecular formula is C14H12ClN5S. The topological polar surface area (TPSA) is 55.6 Å². The zero-order chi connectivity index (χ0) is 14.2. The second-order valence-electron chi connectivity index (χ2n) is 4.79. The molecule has 1 aromatic carbocycles. The number of hydrogen-bond acceptors (Lipinski definition) is 5. The molecule has 2 aromatic heterocycles. The van der Waals surface area contributed by atoms with Gasteiger partial charge in [0.05, 0.1) is 11.6 Å². The molecule has 1 aliphatic rings. The van der Waals surface area contributed by atoms with E-state index < -0.39 is 0 Å². The molecule has 0 bridgehead atoms. The number of thiazole rings is 1. The third kappa shape index (κ3) is 2.25. The highest BCUT2D eigenvalue weighted by molar-refractivity contribution is 7.13. The van der Waals surface area contributed by atoms with E-state index in [-0.39, 0.29) is 0 Å². The third-order valence-corrected chi connectivity index (χ3v) is 4.67. The van der Waals surface area contributed by atoms with Crippen LogP contribution in [0.3, 0.4) is 0 Å². The molecule has 4 rings (SSSR count). The number of nitrogens with one attached hydrogen (secondary N) is 1. The summed E-state index contributed by atoms with van der Waals surface area (Å²) in [4.78, 5) is 4.68. The average molecular weight is 318 g/mol. The Morgan fingerprint density at radius 1 is 1.24 bits per heavy atom. The Kier molecular flexibility index (Phi) is 3.21. The van der Waals surface area contributed by atoms with Crippen LogP contribution in [0.15, 0.2) is 29.6 Å². The van der Waals surface area contributed by atoms with E-state index in [0.29, 0.717) is 5.02 Å². The van der Waals surface area contributed by atoms with Gasteiger partial charge in [-0.25, -0.2) is 4.98 Å². The van der Waals surface area contributed by atoms with Gasteiger partial charge in [-0.15, -0.1) is 21.5 Å². The van der Waals surface area contributed by atoms with E-state index in [1.165, 1.54) is 0 Å². The fraction of sp³-hybridized carbons (Fsp3) is 0.214. The van der Waals surface area contributed by atoms with Gasteiger partial charge in [0.1, 0.15) is 16.5 Å². The molecule has 0 radical (unpaired) electrons. The number of rotatable bonds is 2. The minimum Gasteiger partial charge on any atom is -0.308 e. The summed E-state index contributed by atoms with van der Waals surface area (Å²) >= 11 is 7.81. The molecule has 0 unspecified atom stereocenters. The molecule has 3 aromatic rings. The van der Waals surface area contributed by atoms with E-state index >= 15 is 0 Å². The van der Waals surface area contributed by atoms with E-state index in [2.05, 4.69) is 25.1 Å². The van der Waals surface area contributed by atoms with E-state index in [0.717, 1.165) is 47.5 Å². The van der Waals surface area contributed by atoms with Crippen LogP contribution in [0.2, 0.25) is 5.02 Å². The standard InChI is InChI=1S/C14H12ClN5S/c15-10-4-2-1-3-9(10)14-17-11(8-21-14)13-19-18-12-7-16-5-6-20(12)13/h1-4,8,16H,5-7H2. The highest BCUT2D eigenvalue weighted by Crippen LogP contribution is 2.32. The second kappa shape index (κ2) is 5.22.